The highest BCUT2D eigenvalue weighted by Gasteiger charge is 2.09. The highest BCUT2D eigenvalue weighted by atomic mass is 35.5. The molecular weight excluding hydrogens is 314 g/mol. The van der Waals surface area contributed by atoms with Gasteiger partial charge in [-0.3, -0.25) is 0 Å². The number of halogens is 1. The van der Waals surface area contributed by atoms with Crippen LogP contribution in [0.5, 0.6) is 0 Å². The van der Waals surface area contributed by atoms with Gasteiger partial charge in [0, 0.05) is 18.6 Å². The standard InChI is InChI=1S/C22H40N.ClH/c1-3-4-5-6-7-8-9-10-11-12-13-14-16-19-22(2)23-20-17-15-18-21-23;/h15,17-18,20-22H,3-14,16,19H2,1-2H3;1H/q+1;/p-1. The molecule has 2 heteroatoms. The molecule has 0 radical (unpaired) electrons. The molecule has 1 nitrogen and oxygen atoms in total. The molecule has 0 saturated heterocycles. The lowest BCUT2D eigenvalue weighted by molar-refractivity contribution is -0.720. The summed E-state index contributed by atoms with van der Waals surface area (Å²) in [6, 6.07) is 6.98. The lowest BCUT2D eigenvalue weighted by atomic mass is 10.0. The van der Waals surface area contributed by atoms with Crippen LogP contribution in [0.1, 0.15) is 110 Å². The number of hydrogen-bond donors (Lipinski definition) is 0. The van der Waals surface area contributed by atoms with Gasteiger partial charge in [0.15, 0.2) is 18.4 Å². The Morgan fingerprint density at radius 2 is 1.04 bits per heavy atom. The van der Waals surface area contributed by atoms with E-state index in [9.17, 15) is 0 Å². The topological polar surface area (TPSA) is 3.88 Å². The second-order valence-electron chi connectivity index (χ2n) is 7.20. The van der Waals surface area contributed by atoms with Gasteiger partial charge in [-0.2, -0.15) is 0 Å². The van der Waals surface area contributed by atoms with Crippen molar-refractivity contribution in [2.75, 3.05) is 0 Å². The Morgan fingerprint density at radius 1 is 0.625 bits per heavy atom. The fraction of sp³-hybridized carbons (Fsp3) is 0.773. The van der Waals surface area contributed by atoms with Gasteiger partial charge < -0.3 is 12.4 Å². The van der Waals surface area contributed by atoms with Gasteiger partial charge in [0.1, 0.15) is 0 Å². The summed E-state index contributed by atoms with van der Waals surface area (Å²) in [6.45, 7) is 4.63. The minimum absolute atomic E-state index is 0. The second-order valence-corrected chi connectivity index (χ2v) is 7.20. The number of rotatable bonds is 15. The molecule has 0 bridgehead atoms. The normalized spacial score (nSPS) is 11.9. The van der Waals surface area contributed by atoms with Crippen molar-refractivity contribution >= 4 is 0 Å². The van der Waals surface area contributed by atoms with Gasteiger partial charge in [-0.1, -0.05) is 90.0 Å². The zero-order valence-corrected chi connectivity index (χ0v) is 16.9. The predicted molar refractivity (Wildman–Crippen MR) is 102 cm³/mol. The Labute approximate surface area is 157 Å². The van der Waals surface area contributed by atoms with E-state index < -0.39 is 0 Å². The van der Waals surface area contributed by atoms with E-state index in [1.807, 2.05) is 0 Å². The fourth-order valence-electron chi connectivity index (χ4n) is 3.31. The van der Waals surface area contributed by atoms with Crippen LogP contribution >= 0.6 is 0 Å². The highest BCUT2D eigenvalue weighted by Crippen LogP contribution is 2.14. The lowest BCUT2D eigenvalue weighted by Crippen LogP contribution is -3.00. The Bertz CT molecular complexity index is 352. The summed E-state index contributed by atoms with van der Waals surface area (Å²) in [7, 11) is 0. The molecule has 0 aliphatic rings. The van der Waals surface area contributed by atoms with Crippen LogP contribution in [-0.2, 0) is 0 Å². The maximum absolute atomic E-state index is 2.33. The fourth-order valence-corrected chi connectivity index (χ4v) is 3.31. The van der Waals surface area contributed by atoms with Crippen LogP contribution in [-0.4, -0.2) is 0 Å². The molecule has 0 aliphatic heterocycles. The SMILES string of the molecule is CCCCCCCCCCCCCCCC(C)[n+]1ccccc1.[Cl-]. The van der Waals surface area contributed by atoms with Crippen LogP contribution in [0.25, 0.3) is 0 Å². The molecule has 0 spiro atoms. The van der Waals surface area contributed by atoms with E-state index in [0.29, 0.717) is 6.04 Å². The van der Waals surface area contributed by atoms with E-state index in [0.717, 1.165) is 0 Å². The van der Waals surface area contributed by atoms with E-state index >= 15 is 0 Å². The molecule has 0 saturated carbocycles. The molecule has 1 unspecified atom stereocenters. The van der Waals surface area contributed by atoms with Crippen LogP contribution in [0.15, 0.2) is 30.6 Å². The summed E-state index contributed by atoms with van der Waals surface area (Å²) < 4.78 is 2.33. The smallest absolute Gasteiger partial charge is 0.169 e. The molecule has 1 aromatic heterocycles. The van der Waals surface area contributed by atoms with Crippen molar-refractivity contribution in [3.8, 4) is 0 Å². The molecule has 140 valence electrons. The van der Waals surface area contributed by atoms with Gasteiger partial charge in [-0.05, 0) is 13.3 Å². The van der Waals surface area contributed by atoms with Crippen LogP contribution in [0, 0.1) is 0 Å². The summed E-state index contributed by atoms with van der Waals surface area (Å²) >= 11 is 0. The van der Waals surface area contributed by atoms with Crippen molar-refractivity contribution in [3.05, 3.63) is 30.6 Å². The average molecular weight is 354 g/mol. The maximum Gasteiger partial charge on any atom is 0.169 e. The van der Waals surface area contributed by atoms with Gasteiger partial charge in [-0.25, -0.2) is 4.57 Å². The average Bonchev–Trinajstić information content (AvgIpc) is 2.59. The first kappa shape index (κ1) is 23.4. The van der Waals surface area contributed by atoms with Crippen LogP contribution in [0.2, 0.25) is 0 Å². The molecule has 1 rings (SSSR count). The number of unbranched alkanes of at least 4 members (excludes halogenated alkanes) is 12. The highest BCUT2D eigenvalue weighted by molar-refractivity contribution is 4.83. The van der Waals surface area contributed by atoms with Crippen molar-refractivity contribution in [2.45, 2.75) is 110 Å². The molecule has 24 heavy (non-hydrogen) atoms. The second kappa shape index (κ2) is 17.3. The van der Waals surface area contributed by atoms with Crippen LogP contribution < -0.4 is 17.0 Å². The minimum Gasteiger partial charge on any atom is -1.00 e. The van der Waals surface area contributed by atoms with Crippen molar-refractivity contribution in [2.24, 2.45) is 0 Å². The Kier molecular flexibility index (Phi) is 16.9. The Hall–Kier alpha value is -0.560. The van der Waals surface area contributed by atoms with E-state index in [1.54, 1.807) is 0 Å². The summed E-state index contributed by atoms with van der Waals surface area (Å²) in [4.78, 5) is 0. The van der Waals surface area contributed by atoms with Crippen LogP contribution in [0.3, 0.4) is 0 Å². The molecule has 0 amide bonds. The van der Waals surface area contributed by atoms with Gasteiger partial charge in [0.05, 0.1) is 0 Å². The molecule has 0 aliphatic carbocycles. The van der Waals surface area contributed by atoms with Crippen molar-refractivity contribution < 1.29 is 17.0 Å². The van der Waals surface area contributed by atoms with E-state index in [1.165, 1.54) is 89.9 Å². The summed E-state index contributed by atoms with van der Waals surface area (Å²) in [5.41, 5.74) is 0. The summed E-state index contributed by atoms with van der Waals surface area (Å²) in [5.74, 6) is 0. The monoisotopic (exact) mass is 353 g/mol. The number of hydrogen-bond acceptors (Lipinski definition) is 0. The van der Waals surface area contributed by atoms with E-state index in [-0.39, 0.29) is 12.4 Å². The van der Waals surface area contributed by atoms with Gasteiger partial charge in [0.25, 0.3) is 0 Å². The number of nitrogens with zero attached hydrogens (tertiary/aromatic N) is 1. The molecule has 1 atom stereocenters. The number of aromatic nitrogens is 1. The van der Waals surface area contributed by atoms with E-state index in [4.69, 9.17) is 0 Å². The van der Waals surface area contributed by atoms with Gasteiger partial charge in [0.2, 0.25) is 0 Å². The molecule has 1 heterocycles. The molecule has 0 aromatic carbocycles. The van der Waals surface area contributed by atoms with Crippen LogP contribution in [0.4, 0.5) is 0 Å². The largest absolute Gasteiger partial charge is 1.00 e. The van der Waals surface area contributed by atoms with Gasteiger partial charge >= 0.3 is 0 Å². The van der Waals surface area contributed by atoms with Crippen molar-refractivity contribution in [1.29, 1.82) is 0 Å². The molecule has 0 N–H and O–H groups in total. The van der Waals surface area contributed by atoms with Crippen molar-refractivity contribution in [3.63, 3.8) is 0 Å². The number of pyridine rings is 1. The summed E-state index contributed by atoms with van der Waals surface area (Å²) in [5, 5.41) is 0. The third-order valence-electron chi connectivity index (χ3n) is 4.97. The zero-order chi connectivity index (χ0) is 16.6. The molecule has 0 fully saturated rings. The third kappa shape index (κ3) is 12.8. The first-order chi connectivity index (χ1) is 11.3. The maximum atomic E-state index is 2.33. The van der Waals surface area contributed by atoms with E-state index in [2.05, 4.69) is 49.0 Å². The first-order valence-electron chi connectivity index (χ1n) is 10.3. The third-order valence-corrected chi connectivity index (χ3v) is 4.97. The molecular formula is C22H40ClN. The van der Waals surface area contributed by atoms with Gasteiger partial charge in [-0.15, -0.1) is 0 Å². The van der Waals surface area contributed by atoms with Crippen molar-refractivity contribution in [1.82, 2.24) is 0 Å². The summed E-state index contributed by atoms with van der Waals surface area (Å²) in [6.07, 6.45) is 24.4. The quantitative estimate of drug-likeness (QED) is 0.331. The molecule has 1 aromatic rings. The Balaban J connectivity index is 0.00000529. The lowest BCUT2D eigenvalue weighted by Gasteiger charge is -2.07. The zero-order valence-electron chi connectivity index (χ0n) is 16.2. The Morgan fingerprint density at radius 3 is 1.50 bits per heavy atom. The predicted octanol–water partition coefficient (Wildman–Crippen LogP) is 4.02. The first-order valence-corrected chi connectivity index (χ1v) is 10.3. The minimum atomic E-state index is 0.